The van der Waals surface area contributed by atoms with E-state index in [1.54, 1.807) is 0 Å². The number of hydrogen-bond acceptors (Lipinski definition) is 5. The van der Waals surface area contributed by atoms with Crippen LogP contribution in [0.3, 0.4) is 0 Å². The zero-order valence-corrected chi connectivity index (χ0v) is 18.9. The number of anilines is 1. The lowest BCUT2D eigenvalue weighted by atomic mass is 10.1. The van der Waals surface area contributed by atoms with Crippen LogP contribution >= 0.6 is 11.8 Å². The molecule has 3 aromatic carbocycles. The van der Waals surface area contributed by atoms with Crippen molar-refractivity contribution in [1.82, 2.24) is 15.3 Å². The SMILES string of the molecule is Cc1ccc(CNC(=O)CSc2nc(NCCc3ccccc3)c3ccccc3n2)cc1. The lowest BCUT2D eigenvalue weighted by molar-refractivity contribution is -0.118. The second kappa shape index (κ2) is 10.8. The number of para-hydroxylation sites is 1. The van der Waals surface area contributed by atoms with E-state index in [9.17, 15) is 4.79 Å². The molecule has 0 saturated heterocycles. The zero-order chi connectivity index (χ0) is 22.2. The number of nitrogens with zero attached hydrogens (tertiary/aromatic N) is 2. The van der Waals surface area contributed by atoms with Crippen molar-refractivity contribution in [2.24, 2.45) is 0 Å². The van der Waals surface area contributed by atoms with Crippen LogP contribution in [0.25, 0.3) is 10.9 Å². The highest BCUT2D eigenvalue weighted by Crippen LogP contribution is 2.24. The van der Waals surface area contributed by atoms with Gasteiger partial charge in [0, 0.05) is 18.5 Å². The van der Waals surface area contributed by atoms with E-state index in [0.717, 1.165) is 35.2 Å². The molecule has 162 valence electrons. The Balaban J connectivity index is 1.37. The summed E-state index contributed by atoms with van der Waals surface area (Å²) in [6, 6.07) is 26.5. The van der Waals surface area contributed by atoms with Crippen molar-refractivity contribution in [2.45, 2.75) is 25.0 Å². The van der Waals surface area contributed by atoms with Crippen molar-refractivity contribution in [3.63, 3.8) is 0 Å². The van der Waals surface area contributed by atoms with Crippen molar-refractivity contribution >= 4 is 34.4 Å². The predicted octanol–water partition coefficient (Wildman–Crippen LogP) is 5.00. The molecule has 1 amide bonds. The number of carbonyl (C=O) groups excluding carboxylic acids is 1. The molecule has 0 saturated carbocycles. The lowest BCUT2D eigenvalue weighted by Crippen LogP contribution is -2.24. The molecular formula is C26H26N4OS. The van der Waals surface area contributed by atoms with Gasteiger partial charge < -0.3 is 10.6 Å². The highest BCUT2D eigenvalue weighted by molar-refractivity contribution is 7.99. The molecule has 0 atom stereocenters. The summed E-state index contributed by atoms with van der Waals surface area (Å²) >= 11 is 1.35. The van der Waals surface area contributed by atoms with Crippen molar-refractivity contribution < 1.29 is 4.79 Å². The quantitative estimate of drug-likeness (QED) is 0.282. The number of thioether (sulfide) groups is 1. The smallest absolute Gasteiger partial charge is 0.230 e. The summed E-state index contributed by atoms with van der Waals surface area (Å²) < 4.78 is 0. The molecule has 32 heavy (non-hydrogen) atoms. The normalized spacial score (nSPS) is 10.8. The lowest BCUT2D eigenvalue weighted by Gasteiger charge is -2.11. The monoisotopic (exact) mass is 442 g/mol. The number of fused-ring (bicyclic) bond motifs is 1. The molecule has 0 fully saturated rings. The van der Waals surface area contributed by atoms with Crippen molar-refractivity contribution in [3.8, 4) is 0 Å². The van der Waals surface area contributed by atoms with Crippen molar-refractivity contribution in [3.05, 3.63) is 95.6 Å². The number of amides is 1. The molecular weight excluding hydrogens is 416 g/mol. The first-order valence-electron chi connectivity index (χ1n) is 10.7. The van der Waals surface area contributed by atoms with Gasteiger partial charge in [0.05, 0.1) is 11.3 Å². The van der Waals surface area contributed by atoms with E-state index in [-0.39, 0.29) is 11.7 Å². The van der Waals surface area contributed by atoms with E-state index in [2.05, 4.69) is 27.8 Å². The number of aryl methyl sites for hydroxylation is 1. The van der Waals surface area contributed by atoms with Crippen molar-refractivity contribution in [2.75, 3.05) is 17.6 Å². The Morgan fingerprint density at radius 2 is 1.62 bits per heavy atom. The van der Waals surface area contributed by atoms with Crippen LogP contribution in [-0.2, 0) is 17.8 Å². The van der Waals surface area contributed by atoms with Gasteiger partial charge in [0.1, 0.15) is 5.82 Å². The molecule has 0 aliphatic rings. The average Bonchev–Trinajstić information content (AvgIpc) is 2.83. The van der Waals surface area contributed by atoms with Crippen LogP contribution in [0.4, 0.5) is 5.82 Å². The summed E-state index contributed by atoms with van der Waals surface area (Å²) in [6.45, 7) is 3.34. The van der Waals surface area contributed by atoms with Crippen LogP contribution in [0.2, 0.25) is 0 Å². The van der Waals surface area contributed by atoms with Gasteiger partial charge in [-0.15, -0.1) is 0 Å². The van der Waals surface area contributed by atoms with E-state index in [4.69, 9.17) is 4.98 Å². The topological polar surface area (TPSA) is 66.9 Å². The van der Waals surface area contributed by atoms with Gasteiger partial charge in [0.15, 0.2) is 5.16 Å². The number of benzene rings is 3. The Morgan fingerprint density at radius 1 is 0.875 bits per heavy atom. The highest BCUT2D eigenvalue weighted by atomic mass is 32.2. The summed E-state index contributed by atoms with van der Waals surface area (Å²) in [5.41, 5.74) is 4.43. The third-order valence-corrected chi connectivity index (χ3v) is 5.92. The maximum atomic E-state index is 12.3. The van der Waals surface area contributed by atoms with Crippen molar-refractivity contribution in [1.29, 1.82) is 0 Å². The third-order valence-electron chi connectivity index (χ3n) is 5.07. The van der Waals surface area contributed by atoms with Crippen LogP contribution in [0.5, 0.6) is 0 Å². The van der Waals surface area contributed by atoms with Crippen LogP contribution in [0.15, 0.2) is 84.0 Å². The Hall–Kier alpha value is -3.38. The minimum Gasteiger partial charge on any atom is -0.369 e. The maximum Gasteiger partial charge on any atom is 0.230 e. The van der Waals surface area contributed by atoms with Gasteiger partial charge in [-0.1, -0.05) is 84.1 Å². The first-order valence-corrected chi connectivity index (χ1v) is 11.7. The fourth-order valence-electron chi connectivity index (χ4n) is 3.31. The number of nitrogens with one attached hydrogen (secondary N) is 2. The molecule has 1 heterocycles. The number of hydrogen-bond donors (Lipinski definition) is 2. The van der Waals surface area contributed by atoms with Gasteiger partial charge in [-0.05, 0) is 36.6 Å². The molecule has 0 aliphatic carbocycles. The number of carbonyl (C=O) groups is 1. The fraction of sp³-hybridized carbons (Fsp3) is 0.192. The Bertz CT molecular complexity index is 1180. The fourth-order valence-corrected chi connectivity index (χ4v) is 3.99. The van der Waals surface area contributed by atoms with E-state index in [0.29, 0.717) is 11.7 Å². The molecule has 0 spiro atoms. The molecule has 0 radical (unpaired) electrons. The Morgan fingerprint density at radius 3 is 2.44 bits per heavy atom. The summed E-state index contributed by atoms with van der Waals surface area (Å²) in [7, 11) is 0. The maximum absolute atomic E-state index is 12.3. The van der Waals surface area contributed by atoms with Gasteiger partial charge in [-0.2, -0.15) is 0 Å². The zero-order valence-electron chi connectivity index (χ0n) is 18.0. The molecule has 2 N–H and O–H groups in total. The largest absolute Gasteiger partial charge is 0.369 e. The summed E-state index contributed by atoms with van der Waals surface area (Å²) in [5, 5.41) is 7.99. The Kier molecular flexibility index (Phi) is 7.35. The summed E-state index contributed by atoms with van der Waals surface area (Å²) in [4.78, 5) is 21.7. The van der Waals surface area contributed by atoms with E-state index >= 15 is 0 Å². The predicted molar refractivity (Wildman–Crippen MR) is 132 cm³/mol. The summed E-state index contributed by atoms with van der Waals surface area (Å²) in [6.07, 6.45) is 0.906. The van der Waals surface area contributed by atoms with Gasteiger partial charge in [-0.25, -0.2) is 9.97 Å². The van der Waals surface area contributed by atoms with E-state index < -0.39 is 0 Å². The van der Waals surface area contributed by atoms with E-state index in [1.165, 1.54) is 22.9 Å². The molecule has 0 bridgehead atoms. The molecule has 0 aliphatic heterocycles. The van der Waals surface area contributed by atoms with Crippen LogP contribution < -0.4 is 10.6 Å². The average molecular weight is 443 g/mol. The molecule has 0 unspecified atom stereocenters. The minimum atomic E-state index is -0.0362. The van der Waals surface area contributed by atoms with Crippen LogP contribution in [0.1, 0.15) is 16.7 Å². The first-order chi connectivity index (χ1) is 15.7. The molecule has 4 rings (SSSR count). The van der Waals surface area contributed by atoms with E-state index in [1.807, 2.05) is 73.7 Å². The molecule has 1 aromatic heterocycles. The van der Waals surface area contributed by atoms with Gasteiger partial charge >= 0.3 is 0 Å². The molecule has 4 aromatic rings. The van der Waals surface area contributed by atoms with Crippen LogP contribution in [-0.4, -0.2) is 28.2 Å². The molecule has 6 heteroatoms. The minimum absolute atomic E-state index is 0.0362. The van der Waals surface area contributed by atoms with Gasteiger partial charge in [0.25, 0.3) is 0 Å². The first kappa shape index (κ1) is 21.8. The molecule has 5 nitrogen and oxygen atoms in total. The van der Waals surface area contributed by atoms with Crippen LogP contribution in [0, 0.1) is 6.92 Å². The number of aromatic nitrogens is 2. The number of rotatable bonds is 9. The second-order valence-corrected chi connectivity index (χ2v) is 8.53. The highest BCUT2D eigenvalue weighted by Gasteiger charge is 2.10. The van der Waals surface area contributed by atoms with Gasteiger partial charge in [-0.3, -0.25) is 4.79 Å². The second-order valence-electron chi connectivity index (χ2n) is 7.59. The summed E-state index contributed by atoms with van der Waals surface area (Å²) in [5.74, 6) is 1.04. The standard InChI is InChI=1S/C26H26N4OS/c1-19-11-13-21(14-12-19)17-28-24(31)18-32-26-29-23-10-6-5-9-22(23)25(30-26)27-16-15-20-7-3-2-4-8-20/h2-14H,15-18H2,1H3,(H,28,31)(H,27,29,30). The Labute approximate surface area is 192 Å². The van der Waals surface area contributed by atoms with Gasteiger partial charge in [0.2, 0.25) is 5.91 Å². The third kappa shape index (κ3) is 6.08.